The summed E-state index contributed by atoms with van der Waals surface area (Å²) >= 11 is 1.82. The summed E-state index contributed by atoms with van der Waals surface area (Å²) in [6.07, 6.45) is 0.954. The van der Waals surface area contributed by atoms with Crippen LogP contribution in [0.2, 0.25) is 0 Å². The lowest BCUT2D eigenvalue weighted by atomic mass is 10.0. The fourth-order valence-electron chi connectivity index (χ4n) is 2.03. The number of hydrogen-bond donors (Lipinski definition) is 2. The summed E-state index contributed by atoms with van der Waals surface area (Å²) < 4.78 is 0. The molecule has 2 nitrogen and oxygen atoms in total. The Morgan fingerprint density at radius 1 is 1.11 bits per heavy atom. The highest BCUT2D eigenvalue weighted by Gasteiger charge is 2.02. The summed E-state index contributed by atoms with van der Waals surface area (Å²) in [6, 6.07) is 10.7. The molecule has 0 saturated carbocycles. The molecule has 1 aromatic heterocycles. The minimum absolute atomic E-state index is 0.709. The molecule has 2 aromatic rings. The van der Waals surface area contributed by atoms with E-state index in [9.17, 15) is 0 Å². The van der Waals surface area contributed by atoms with Crippen molar-refractivity contribution in [3.63, 3.8) is 0 Å². The van der Waals surface area contributed by atoms with Gasteiger partial charge in [-0.1, -0.05) is 24.3 Å². The molecule has 3 heteroatoms. The fraction of sp³-hybridized carbons (Fsp3) is 0.333. The molecule has 0 bridgehead atoms. The predicted molar refractivity (Wildman–Crippen MR) is 78.8 cm³/mol. The van der Waals surface area contributed by atoms with Crippen molar-refractivity contribution in [1.82, 2.24) is 5.32 Å². The Morgan fingerprint density at radius 2 is 1.89 bits per heavy atom. The van der Waals surface area contributed by atoms with Gasteiger partial charge in [0.15, 0.2) is 0 Å². The van der Waals surface area contributed by atoms with Gasteiger partial charge < -0.3 is 11.1 Å². The number of aryl methyl sites for hydroxylation is 1. The molecule has 0 aliphatic heterocycles. The van der Waals surface area contributed by atoms with E-state index in [2.05, 4.69) is 48.0 Å². The van der Waals surface area contributed by atoms with Crippen molar-refractivity contribution in [3.8, 4) is 0 Å². The second-order valence-corrected chi connectivity index (χ2v) is 5.44. The van der Waals surface area contributed by atoms with Gasteiger partial charge in [0, 0.05) is 18.0 Å². The van der Waals surface area contributed by atoms with Gasteiger partial charge >= 0.3 is 0 Å². The van der Waals surface area contributed by atoms with E-state index < -0.39 is 0 Å². The van der Waals surface area contributed by atoms with E-state index in [0.717, 1.165) is 19.5 Å². The monoisotopic (exact) mass is 260 g/mol. The highest BCUT2D eigenvalue weighted by molar-refractivity contribution is 7.10. The molecular weight excluding hydrogens is 240 g/mol. The van der Waals surface area contributed by atoms with Crippen LogP contribution in [-0.4, -0.2) is 6.54 Å². The van der Waals surface area contributed by atoms with E-state index in [0.29, 0.717) is 6.54 Å². The summed E-state index contributed by atoms with van der Waals surface area (Å²) in [5.74, 6) is 0. The zero-order valence-corrected chi connectivity index (χ0v) is 11.6. The quantitative estimate of drug-likeness (QED) is 0.838. The molecule has 18 heavy (non-hydrogen) atoms. The number of thiophene rings is 1. The van der Waals surface area contributed by atoms with E-state index in [4.69, 9.17) is 5.73 Å². The molecule has 0 fully saturated rings. The van der Waals surface area contributed by atoms with Crippen molar-refractivity contribution < 1.29 is 0 Å². The smallest absolute Gasteiger partial charge is 0.0305 e. The first kappa shape index (κ1) is 13.3. The van der Waals surface area contributed by atoms with Crippen LogP contribution >= 0.6 is 11.3 Å². The maximum Gasteiger partial charge on any atom is 0.0305 e. The Hall–Kier alpha value is -1.16. The first-order chi connectivity index (χ1) is 8.81. The lowest BCUT2D eigenvalue weighted by Gasteiger charge is -2.09. The summed E-state index contributed by atoms with van der Waals surface area (Å²) in [5.41, 5.74) is 9.73. The van der Waals surface area contributed by atoms with Crippen molar-refractivity contribution in [2.24, 2.45) is 5.73 Å². The number of rotatable bonds is 6. The van der Waals surface area contributed by atoms with Gasteiger partial charge in [0.25, 0.3) is 0 Å². The van der Waals surface area contributed by atoms with Crippen LogP contribution in [0.4, 0.5) is 0 Å². The molecule has 0 radical (unpaired) electrons. The second kappa shape index (κ2) is 6.69. The number of nitrogens with two attached hydrogens (primary N) is 1. The molecule has 1 heterocycles. The van der Waals surface area contributed by atoms with E-state index in [1.54, 1.807) is 0 Å². The summed E-state index contributed by atoms with van der Waals surface area (Å²) in [4.78, 5) is 1.42. The van der Waals surface area contributed by atoms with Gasteiger partial charge in [-0.2, -0.15) is 0 Å². The first-order valence-corrected chi connectivity index (χ1v) is 7.19. The second-order valence-electron chi connectivity index (χ2n) is 4.44. The van der Waals surface area contributed by atoms with Crippen LogP contribution in [-0.2, 0) is 19.5 Å². The maximum atomic E-state index is 5.64. The van der Waals surface area contributed by atoms with Gasteiger partial charge in [-0.05, 0) is 48.0 Å². The lowest BCUT2D eigenvalue weighted by Crippen LogP contribution is -2.15. The van der Waals surface area contributed by atoms with E-state index in [1.165, 1.54) is 21.6 Å². The Bertz CT molecular complexity index is 491. The molecule has 0 spiro atoms. The zero-order valence-electron chi connectivity index (χ0n) is 10.8. The number of nitrogens with one attached hydrogen (secondary N) is 1. The maximum absolute atomic E-state index is 5.64. The topological polar surface area (TPSA) is 38.0 Å². The summed E-state index contributed by atoms with van der Waals surface area (Å²) in [5, 5.41) is 5.66. The minimum Gasteiger partial charge on any atom is -0.330 e. The molecular formula is C15H20N2S. The molecule has 2 rings (SSSR count). The molecule has 0 saturated heterocycles. The van der Waals surface area contributed by atoms with Gasteiger partial charge in [-0.3, -0.25) is 0 Å². The standard InChI is InChI=1S/C15H20N2S/c1-12-7-9-18-15(12)11-17-10-14-5-3-2-4-13(14)6-8-16/h2-5,7,9,17H,6,8,10-11,16H2,1H3. The largest absolute Gasteiger partial charge is 0.330 e. The van der Waals surface area contributed by atoms with Crippen LogP contribution in [0.5, 0.6) is 0 Å². The van der Waals surface area contributed by atoms with E-state index in [-0.39, 0.29) is 0 Å². The SMILES string of the molecule is Cc1ccsc1CNCc1ccccc1CCN. The summed E-state index contributed by atoms with van der Waals surface area (Å²) in [7, 11) is 0. The average Bonchev–Trinajstić information content (AvgIpc) is 2.78. The third-order valence-electron chi connectivity index (χ3n) is 3.10. The third-order valence-corrected chi connectivity index (χ3v) is 4.12. The summed E-state index contributed by atoms with van der Waals surface area (Å²) in [6.45, 7) is 4.73. The molecule has 0 atom stereocenters. The van der Waals surface area contributed by atoms with Crippen molar-refractivity contribution in [1.29, 1.82) is 0 Å². The Labute approximate surface area is 113 Å². The van der Waals surface area contributed by atoms with Gasteiger partial charge in [-0.15, -0.1) is 11.3 Å². The molecule has 0 amide bonds. The van der Waals surface area contributed by atoms with Crippen molar-refractivity contribution in [3.05, 3.63) is 57.3 Å². The highest BCUT2D eigenvalue weighted by Crippen LogP contribution is 2.15. The van der Waals surface area contributed by atoms with Crippen LogP contribution in [0, 0.1) is 6.92 Å². The molecule has 0 aliphatic rings. The van der Waals surface area contributed by atoms with Crippen LogP contribution < -0.4 is 11.1 Å². The Balaban J connectivity index is 1.92. The average molecular weight is 260 g/mol. The minimum atomic E-state index is 0.709. The van der Waals surface area contributed by atoms with Gasteiger partial charge in [0.05, 0.1) is 0 Å². The predicted octanol–water partition coefficient (Wildman–Crippen LogP) is 2.85. The van der Waals surface area contributed by atoms with E-state index in [1.807, 2.05) is 11.3 Å². The van der Waals surface area contributed by atoms with Crippen molar-refractivity contribution >= 4 is 11.3 Å². The van der Waals surface area contributed by atoms with Crippen LogP contribution in [0.1, 0.15) is 21.6 Å². The van der Waals surface area contributed by atoms with Gasteiger partial charge in [0.1, 0.15) is 0 Å². The van der Waals surface area contributed by atoms with Gasteiger partial charge in [0.2, 0.25) is 0 Å². The molecule has 96 valence electrons. The fourth-order valence-corrected chi connectivity index (χ4v) is 2.90. The number of benzene rings is 1. The third kappa shape index (κ3) is 3.42. The molecule has 0 aliphatic carbocycles. The molecule has 3 N–H and O–H groups in total. The molecule has 1 aromatic carbocycles. The van der Waals surface area contributed by atoms with Crippen LogP contribution in [0.15, 0.2) is 35.7 Å². The molecule has 0 unspecified atom stereocenters. The van der Waals surface area contributed by atoms with Gasteiger partial charge in [-0.25, -0.2) is 0 Å². The Morgan fingerprint density at radius 3 is 2.56 bits per heavy atom. The number of hydrogen-bond acceptors (Lipinski definition) is 3. The lowest BCUT2D eigenvalue weighted by molar-refractivity contribution is 0.692. The van der Waals surface area contributed by atoms with Crippen molar-refractivity contribution in [2.75, 3.05) is 6.54 Å². The van der Waals surface area contributed by atoms with Crippen LogP contribution in [0.25, 0.3) is 0 Å². The van der Waals surface area contributed by atoms with Crippen molar-refractivity contribution in [2.45, 2.75) is 26.4 Å². The Kier molecular flexibility index (Phi) is 4.93. The van der Waals surface area contributed by atoms with E-state index >= 15 is 0 Å². The highest BCUT2D eigenvalue weighted by atomic mass is 32.1. The first-order valence-electron chi connectivity index (χ1n) is 6.32. The normalized spacial score (nSPS) is 10.8. The zero-order chi connectivity index (χ0) is 12.8. The van der Waals surface area contributed by atoms with Crippen LogP contribution in [0.3, 0.4) is 0 Å².